The van der Waals surface area contributed by atoms with E-state index in [0.29, 0.717) is 11.5 Å². The molecule has 0 spiro atoms. The molecule has 0 aromatic heterocycles. The highest BCUT2D eigenvalue weighted by Crippen LogP contribution is 2.41. The minimum absolute atomic E-state index is 0.0444. The number of thioether (sulfide) groups is 1. The van der Waals surface area contributed by atoms with Gasteiger partial charge in [-0.05, 0) is 42.7 Å². The van der Waals surface area contributed by atoms with Gasteiger partial charge in [0, 0.05) is 4.90 Å². The van der Waals surface area contributed by atoms with Crippen LogP contribution in [-0.2, 0) is 0 Å². The first kappa shape index (κ1) is 13.4. The van der Waals surface area contributed by atoms with Crippen molar-refractivity contribution in [2.24, 2.45) is 0 Å². The average Bonchev–Trinajstić information content (AvgIpc) is 2.43. The molecule has 2 aromatic carbocycles. The largest absolute Gasteiger partial charge is 0.504 e. The Morgan fingerprint density at radius 3 is 1.95 bits per heavy atom. The van der Waals surface area contributed by atoms with Crippen molar-refractivity contribution in [3.63, 3.8) is 0 Å². The summed E-state index contributed by atoms with van der Waals surface area (Å²) in [4.78, 5) is 0.761. The molecule has 0 heterocycles. The smallest absolute Gasteiger partial charge is 0.210 e. The van der Waals surface area contributed by atoms with E-state index in [-0.39, 0.29) is 17.2 Å². The number of ether oxygens (including phenoxy) is 2. The molecule has 0 fully saturated rings. The van der Waals surface area contributed by atoms with Crippen LogP contribution in [0.2, 0.25) is 0 Å². The zero-order valence-electron chi connectivity index (χ0n) is 10.6. The van der Waals surface area contributed by atoms with Crippen LogP contribution in [0.3, 0.4) is 0 Å². The van der Waals surface area contributed by atoms with Crippen LogP contribution in [-0.4, -0.2) is 23.6 Å². The van der Waals surface area contributed by atoms with Crippen molar-refractivity contribution in [3.8, 4) is 28.7 Å². The van der Waals surface area contributed by atoms with Gasteiger partial charge in [0.1, 0.15) is 11.5 Å². The zero-order valence-corrected chi connectivity index (χ0v) is 11.4. The summed E-state index contributed by atoms with van der Waals surface area (Å²) < 4.78 is 10.5. The van der Waals surface area contributed by atoms with Crippen LogP contribution in [0.4, 0.5) is 0 Å². The fraction of sp³-hybridized carbons (Fsp3) is 0.143. The SMILES string of the molecule is COc1ccc(Oc2c(O)cc(SC)cc2O)cc1. The Labute approximate surface area is 115 Å². The lowest BCUT2D eigenvalue weighted by molar-refractivity contribution is 0.373. The number of benzene rings is 2. The van der Waals surface area contributed by atoms with Gasteiger partial charge in [-0.15, -0.1) is 11.8 Å². The third-order valence-electron chi connectivity index (χ3n) is 2.54. The van der Waals surface area contributed by atoms with Crippen molar-refractivity contribution < 1.29 is 19.7 Å². The minimum atomic E-state index is -0.0971. The van der Waals surface area contributed by atoms with Crippen LogP contribution in [0.15, 0.2) is 41.3 Å². The van der Waals surface area contributed by atoms with Gasteiger partial charge in [0.15, 0.2) is 11.5 Å². The Hall–Kier alpha value is -2.01. The molecule has 0 unspecified atom stereocenters. The molecule has 0 saturated carbocycles. The van der Waals surface area contributed by atoms with Crippen LogP contribution < -0.4 is 9.47 Å². The van der Waals surface area contributed by atoms with E-state index < -0.39 is 0 Å². The number of hydrogen-bond acceptors (Lipinski definition) is 5. The second-order valence-corrected chi connectivity index (χ2v) is 4.65. The van der Waals surface area contributed by atoms with Crippen molar-refractivity contribution >= 4 is 11.8 Å². The average molecular weight is 278 g/mol. The highest BCUT2D eigenvalue weighted by atomic mass is 32.2. The maximum atomic E-state index is 9.84. The quantitative estimate of drug-likeness (QED) is 0.836. The molecule has 0 amide bonds. The van der Waals surface area contributed by atoms with E-state index in [4.69, 9.17) is 9.47 Å². The van der Waals surface area contributed by atoms with Crippen LogP contribution >= 0.6 is 11.8 Å². The summed E-state index contributed by atoms with van der Waals surface area (Å²) in [7, 11) is 1.58. The summed E-state index contributed by atoms with van der Waals surface area (Å²) in [5, 5.41) is 19.7. The first-order valence-corrected chi connectivity index (χ1v) is 6.78. The predicted molar refractivity (Wildman–Crippen MR) is 74.6 cm³/mol. The van der Waals surface area contributed by atoms with E-state index in [1.54, 1.807) is 43.5 Å². The molecular formula is C14H14O4S. The number of rotatable bonds is 4. The van der Waals surface area contributed by atoms with Crippen molar-refractivity contribution in [3.05, 3.63) is 36.4 Å². The summed E-state index contributed by atoms with van der Waals surface area (Å²) in [6, 6.07) is 9.95. The van der Waals surface area contributed by atoms with E-state index in [1.165, 1.54) is 11.8 Å². The molecule has 0 radical (unpaired) electrons. The van der Waals surface area contributed by atoms with E-state index in [9.17, 15) is 10.2 Å². The highest BCUT2D eigenvalue weighted by Gasteiger charge is 2.12. The Kier molecular flexibility index (Phi) is 4.06. The zero-order chi connectivity index (χ0) is 13.8. The first-order chi connectivity index (χ1) is 9.13. The monoisotopic (exact) mass is 278 g/mol. The molecule has 0 bridgehead atoms. The van der Waals surface area contributed by atoms with Crippen molar-refractivity contribution in [1.82, 2.24) is 0 Å². The van der Waals surface area contributed by atoms with Gasteiger partial charge in [-0.1, -0.05) is 0 Å². The predicted octanol–water partition coefficient (Wildman–Crippen LogP) is 3.62. The van der Waals surface area contributed by atoms with E-state index in [0.717, 1.165) is 4.90 Å². The lowest BCUT2D eigenvalue weighted by Gasteiger charge is -2.11. The van der Waals surface area contributed by atoms with Gasteiger partial charge >= 0.3 is 0 Å². The fourth-order valence-corrected chi connectivity index (χ4v) is 2.02. The molecule has 19 heavy (non-hydrogen) atoms. The molecule has 100 valence electrons. The molecule has 0 aliphatic heterocycles. The summed E-state index contributed by atoms with van der Waals surface area (Å²) in [6.45, 7) is 0. The molecule has 0 aliphatic carbocycles. The minimum Gasteiger partial charge on any atom is -0.504 e. The lowest BCUT2D eigenvalue weighted by Crippen LogP contribution is -1.87. The number of phenolic OH excluding ortho intramolecular Hbond substituents is 2. The van der Waals surface area contributed by atoms with Gasteiger partial charge in [0.2, 0.25) is 5.75 Å². The molecule has 2 rings (SSSR count). The standard InChI is InChI=1S/C14H14O4S/c1-17-9-3-5-10(6-4-9)18-14-12(15)7-11(19-2)8-13(14)16/h3-8,15-16H,1-2H3. The van der Waals surface area contributed by atoms with Crippen LogP contribution in [0.5, 0.6) is 28.7 Å². The number of phenols is 2. The topological polar surface area (TPSA) is 58.9 Å². The molecule has 2 aromatic rings. The fourth-order valence-electron chi connectivity index (χ4n) is 1.56. The maximum absolute atomic E-state index is 9.84. The first-order valence-electron chi connectivity index (χ1n) is 5.56. The highest BCUT2D eigenvalue weighted by molar-refractivity contribution is 7.98. The van der Waals surface area contributed by atoms with E-state index in [1.807, 2.05) is 6.26 Å². The van der Waals surface area contributed by atoms with Gasteiger partial charge in [0.05, 0.1) is 7.11 Å². The third-order valence-corrected chi connectivity index (χ3v) is 3.25. The third kappa shape index (κ3) is 3.06. The van der Waals surface area contributed by atoms with Gasteiger partial charge in [-0.2, -0.15) is 0 Å². The van der Waals surface area contributed by atoms with E-state index in [2.05, 4.69) is 0 Å². The normalized spacial score (nSPS) is 10.2. The molecule has 0 saturated heterocycles. The van der Waals surface area contributed by atoms with Crippen molar-refractivity contribution in [2.75, 3.05) is 13.4 Å². The Bertz CT molecular complexity index is 543. The summed E-state index contributed by atoms with van der Waals surface area (Å²) >= 11 is 1.42. The Balaban J connectivity index is 2.27. The lowest BCUT2D eigenvalue weighted by atomic mass is 10.3. The number of methoxy groups -OCH3 is 1. The Morgan fingerprint density at radius 1 is 0.947 bits per heavy atom. The maximum Gasteiger partial charge on any atom is 0.210 e. The van der Waals surface area contributed by atoms with E-state index >= 15 is 0 Å². The molecule has 0 atom stereocenters. The van der Waals surface area contributed by atoms with Crippen LogP contribution in [0.25, 0.3) is 0 Å². The molecule has 2 N–H and O–H groups in total. The number of hydrogen-bond donors (Lipinski definition) is 2. The van der Waals surface area contributed by atoms with Gasteiger partial charge < -0.3 is 19.7 Å². The van der Waals surface area contributed by atoms with Gasteiger partial charge in [0.25, 0.3) is 0 Å². The van der Waals surface area contributed by atoms with Gasteiger partial charge in [-0.3, -0.25) is 0 Å². The second-order valence-electron chi connectivity index (χ2n) is 3.77. The van der Waals surface area contributed by atoms with Crippen molar-refractivity contribution in [2.45, 2.75) is 4.90 Å². The van der Waals surface area contributed by atoms with Crippen LogP contribution in [0.1, 0.15) is 0 Å². The Morgan fingerprint density at radius 2 is 1.47 bits per heavy atom. The summed E-state index contributed by atoms with van der Waals surface area (Å²) in [5.74, 6) is 1.06. The molecule has 0 aliphatic rings. The molecule has 4 nitrogen and oxygen atoms in total. The summed E-state index contributed by atoms with van der Waals surface area (Å²) in [6.07, 6.45) is 1.86. The second kappa shape index (κ2) is 5.75. The molecular weight excluding hydrogens is 264 g/mol. The summed E-state index contributed by atoms with van der Waals surface area (Å²) in [5.41, 5.74) is 0. The van der Waals surface area contributed by atoms with Crippen molar-refractivity contribution in [1.29, 1.82) is 0 Å². The van der Waals surface area contributed by atoms with Crippen LogP contribution in [0, 0.1) is 0 Å². The van der Waals surface area contributed by atoms with Gasteiger partial charge in [-0.25, -0.2) is 0 Å². The number of aromatic hydroxyl groups is 2. The molecule has 5 heteroatoms.